The lowest BCUT2D eigenvalue weighted by Crippen LogP contribution is -1.94. The molecule has 4 nitrogen and oxygen atoms in total. The summed E-state index contributed by atoms with van der Waals surface area (Å²) in [6.07, 6.45) is 1.59. The Kier molecular flexibility index (Phi) is 3.67. The highest BCUT2D eigenvalue weighted by Gasteiger charge is 2.11. The molecule has 0 radical (unpaired) electrons. The molecule has 0 unspecified atom stereocenters. The van der Waals surface area contributed by atoms with Crippen molar-refractivity contribution in [3.05, 3.63) is 66.2 Å². The molecule has 3 rings (SSSR count). The van der Waals surface area contributed by atoms with Crippen LogP contribution >= 0.6 is 11.8 Å². The Bertz CT molecular complexity index is 808. The Morgan fingerprint density at radius 3 is 2.67 bits per heavy atom. The average Bonchev–Trinajstić information content (AvgIpc) is 2.97. The van der Waals surface area contributed by atoms with E-state index in [1.54, 1.807) is 23.1 Å². The number of aromatic nitrogens is 3. The number of nitriles is 1. The van der Waals surface area contributed by atoms with Gasteiger partial charge in [-0.3, -0.25) is 0 Å². The standard InChI is InChI=1S/C15H9FN4S/c16-13-7-4-8-14(12(13)9-17)21-15-18-10-20(19-15)11-5-2-1-3-6-11/h1-8,10H. The molecule has 0 aliphatic carbocycles. The summed E-state index contributed by atoms with van der Waals surface area (Å²) in [5.74, 6) is -0.537. The second kappa shape index (κ2) is 5.77. The molecule has 102 valence electrons. The lowest BCUT2D eigenvalue weighted by Gasteiger charge is -2.01. The predicted octanol–water partition coefficient (Wildman–Crippen LogP) is 3.43. The van der Waals surface area contributed by atoms with Crippen molar-refractivity contribution in [2.75, 3.05) is 0 Å². The van der Waals surface area contributed by atoms with E-state index in [2.05, 4.69) is 10.1 Å². The van der Waals surface area contributed by atoms with Crippen molar-refractivity contribution in [1.82, 2.24) is 14.8 Å². The molecule has 1 aromatic heterocycles. The van der Waals surface area contributed by atoms with Crippen molar-refractivity contribution in [2.45, 2.75) is 10.1 Å². The molecule has 0 spiro atoms. The fraction of sp³-hybridized carbons (Fsp3) is 0. The fourth-order valence-electron chi connectivity index (χ4n) is 1.80. The summed E-state index contributed by atoms with van der Waals surface area (Å²) in [7, 11) is 0. The van der Waals surface area contributed by atoms with Crippen LogP contribution in [0.15, 0.2) is 64.9 Å². The van der Waals surface area contributed by atoms with Crippen molar-refractivity contribution >= 4 is 11.8 Å². The Morgan fingerprint density at radius 2 is 1.90 bits per heavy atom. The first-order valence-electron chi connectivity index (χ1n) is 6.11. The van der Waals surface area contributed by atoms with Gasteiger partial charge in [0.1, 0.15) is 23.8 Å². The molecule has 6 heteroatoms. The summed E-state index contributed by atoms with van der Waals surface area (Å²) in [4.78, 5) is 4.68. The number of halogens is 1. The summed E-state index contributed by atoms with van der Waals surface area (Å²) in [6, 6.07) is 15.9. The monoisotopic (exact) mass is 296 g/mol. The van der Waals surface area contributed by atoms with Crippen LogP contribution in [-0.4, -0.2) is 14.8 Å². The highest BCUT2D eigenvalue weighted by Crippen LogP contribution is 2.29. The Hall–Kier alpha value is -2.65. The average molecular weight is 296 g/mol. The van der Waals surface area contributed by atoms with Gasteiger partial charge in [-0.25, -0.2) is 14.1 Å². The van der Waals surface area contributed by atoms with Gasteiger partial charge >= 0.3 is 0 Å². The lowest BCUT2D eigenvalue weighted by molar-refractivity contribution is 0.620. The summed E-state index contributed by atoms with van der Waals surface area (Å²) in [5.41, 5.74) is 0.898. The maximum atomic E-state index is 13.5. The highest BCUT2D eigenvalue weighted by atomic mass is 32.2. The number of benzene rings is 2. The molecular formula is C15H9FN4S. The smallest absolute Gasteiger partial charge is 0.213 e. The number of rotatable bonds is 3. The van der Waals surface area contributed by atoms with Gasteiger partial charge in [-0.05, 0) is 36.0 Å². The lowest BCUT2D eigenvalue weighted by atomic mass is 10.2. The highest BCUT2D eigenvalue weighted by molar-refractivity contribution is 7.99. The molecule has 21 heavy (non-hydrogen) atoms. The van der Waals surface area contributed by atoms with E-state index >= 15 is 0 Å². The van der Waals surface area contributed by atoms with Crippen molar-refractivity contribution < 1.29 is 4.39 Å². The zero-order valence-electron chi connectivity index (χ0n) is 10.8. The van der Waals surface area contributed by atoms with Gasteiger partial charge in [-0.2, -0.15) is 5.26 Å². The molecule has 0 bridgehead atoms. The maximum Gasteiger partial charge on any atom is 0.213 e. The Balaban J connectivity index is 1.89. The van der Waals surface area contributed by atoms with Crippen molar-refractivity contribution in [3.63, 3.8) is 0 Å². The summed E-state index contributed by atoms with van der Waals surface area (Å²) in [5, 5.41) is 13.8. The molecule has 0 saturated carbocycles. The summed E-state index contributed by atoms with van der Waals surface area (Å²) >= 11 is 1.16. The van der Waals surface area contributed by atoms with Crippen LogP contribution in [0.4, 0.5) is 4.39 Å². The third-order valence-electron chi connectivity index (χ3n) is 2.78. The maximum absolute atomic E-state index is 13.5. The summed E-state index contributed by atoms with van der Waals surface area (Å²) < 4.78 is 15.2. The predicted molar refractivity (Wildman–Crippen MR) is 76.6 cm³/mol. The first-order chi connectivity index (χ1) is 10.3. The second-order valence-corrected chi connectivity index (χ2v) is 5.14. The van der Waals surface area contributed by atoms with E-state index in [1.807, 2.05) is 36.4 Å². The van der Waals surface area contributed by atoms with Gasteiger partial charge in [0, 0.05) is 4.90 Å². The Morgan fingerprint density at radius 1 is 1.10 bits per heavy atom. The van der Waals surface area contributed by atoms with Crippen LogP contribution in [0.25, 0.3) is 5.69 Å². The van der Waals surface area contributed by atoms with Crippen LogP contribution < -0.4 is 0 Å². The second-order valence-electron chi connectivity index (χ2n) is 4.13. The van der Waals surface area contributed by atoms with Gasteiger partial charge in [-0.15, -0.1) is 5.10 Å². The topological polar surface area (TPSA) is 54.5 Å². The van der Waals surface area contributed by atoms with Crippen LogP contribution in [0.1, 0.15) is 5.56 Å². The van der Waals surface area contributed by atoms with Gasteiger partial charge in [0.15, 0.2) is 0 Å². The van der Waals surface area contributed by atoms with Crippen LogP contribution in [0.2, 0.25) is 0 Å². The first kappa shape index (κ1) is 13.3. The van der Waals surface area contributed by atoms with Crippen LogP contribution in [0, 0.1) is 17.1 Å². The van der Waals surface area contributed by atoms with Gasteiger partial charge in [0.25, 0.3) is 0 Å². The third kappa shape index (κ3) is 2.78. The van der Waals surface area contributed by atoms with E-state index < -0.39 is 5.82 Å². The molecule has 0 saturated heterocycles. The normalized spacial score (nSPS) is 10.3. The quantitative estimate of drug-likeness (QED) is 0.743. The van der Waals surface area contributed by atoms with Crippen LogP contribution in [0.5, 0.6) is 0 Å². The van der Waals surface area contributed by atoms with E-state index in [0.29, 0.717) is 10.1 Å². The molecular weight excluding hydrogens is 287 g/mol. The minimum Gasteiger partial charge on any atom is -0.220 e. The van der Waals surface area contributed by atoms with Gasteiger partial charge in [-0.1, -0.05) is 24.3 Å². The van der Waals surface area contributed by atoms with Gasteiger partial charge in [0.05, 0.1) is 5.69 Å². The zero-order valence-corrected chi connectivity index (χ0v) is 11.6. The van der Waals surface area contributed by atoms with Crippen molar-refractivity contribution in [2.24, 2.45) is 0 Å². The van der Waals surface area contributed by atoms with E-state index in [4.69, 9.17) is 5.26 Å². The molecule has 2 aromatic carbocycles. The van der Waals surface area contributed by atoms with Crippen molar-refractivity contribution in [1.29, 1.82) is 5.26 Å². The van der Waals surface area contributed by atoms with E-state index in [-0.39, 0.29) is 5.56 Å². The number of hydrogen-bond donors (Lipinski definition) is 0. The van der Waals surface area contributed by atoms with Crippen molar-refractivity contribution in [3.8, 4) is 11.8 Å². The van der Waals surface area contributed by atoms with E-state index in [9.17, 15) is 4.39 Å². The molecule has 0 fully saturated rings. The Labute approximate surface area is 124 Å². The minimum atomic E-state index is -0.537. The fourth-order valence-corrected chi connectivity index (χ4v) is 2.61. The van der Waals surface area contributed by atoms with Gasteiger partial charge < -0.3 is 0 Å². The van der Waals surface area contributed by atoms with E-state index in [0.717, 1.165) is 17.4 Å². The zero-order chi connectivity index (χ0) is 14.7. The largest absolute Gasteiger partial charge is 0.220 e. The number of nitrogens with zero attached hydrogens (tertiary/aromatic N) is 4. The molecule has 0 aliphatic heterocycles. The number of para-hydroxylation sites is 1. The molecule has 0 N–H and O–H groups in total. The third-order valence-corrected chi connectivity index (χ3v) is 3.71. The SMILES string of the molecule is N#Cc1c(F)cccc1Sc1ncn(-c2ccccc2)n1. The van der Waals surface area contributed by atoms with Gasteiger partial charge in [0.2, 0.25) is 5.16 Å². The number of hydrogen-bond acceptors (Lipinski definition) is 4. The molecule has 0 amide bonds. The molecule has 0 aliphatic rings. The van der Waals surface area contributed by atoms with Crippen LogP contribution in [-0.2, 0) is 0 Å². The first-order valence-corrected chi connectivity index (χ1v) is 6.93. The van der Waals surface area contributed by atoms with Crippen LogP contribution in [0.3, 0.4) is 0 Å². The molecule has 0 atom stereocenters. The van der Waals surface area contributed by atoms with E-state index in [1.165, 1.54) is 6.07 Å². The minimum absolute atomic E-state index is 0.0126. The molecule has 3 aromatic rings. The molecule has 1 heterocycles. The summed E-state index contributed by atoms with van der Waals surface area (Å²) in [6.45, 7) is 0.